The summed E-state index contributed by atoms with van der Waals surface area (Å²) in [6.07, 6.45) is 0.825. The molecular weight excluding hydrogens is 288 g/mol. The SMILES string of the molecule is CCCN(CC(=O)O)CC(=O)NCc1cccs1.Cl. The number of nitrogens with zero attached hydrogens (tertiary/aromatic N) is 1. The van der Waals surface area contributed by atoms with Gasteiger partial charge in [-0.3, -0.25) is 14.5 Å². The molecule has 19 heavy (non-hydrogen) atoms. The Morgan fingerprint density at radius 3 is 2.68 bits per heavy atom. The number of carboxylic acid groups (broad SMARTS) is 1. The second-order valence-electron chi connectivity index (χ2n) is 3.96. The van der Waals surface area contributed by atoms with Crippen molar-refractivity contribution in [2.24, 2.45) is 0 Å². The molecule has 0 radical (unpaired) electrons. The van der Waals surface area contributed by atoms with Crippen LogP contribution in [0.5, 0.6) is 0 Å². The van der Waals surface area contributed by atoms with Gasteiger partial charge in [0.05, 0.1) is 19.6 Å². The number of nitrogens with one attached hydrogen (secondary N) is 1. The fraction of sp³-hybridized carbons (Fsp3) is 0.500. The van der Waals surface area contributed by atoms with Crippen molar-refractivity contribution in [1.82, 2.24) is 10.2 Å². The summed E-state index contributed by atoms with van der Waals surface area (Å²) in [4.78, 5) is 25.0. The van der Waals surface area contributed by atoms with Gasteiger partial charge in [-0.1, -0.05) is 13.0 Å². The summed E-state index contributed by atoms with van der Waals surface area (Å²) in [5.41, 5.74) is 0. The summed E-state index contributed by atoms with van der Waals surface area (Å²) in [7, 11) is 0. The number of carbonyl (C=O) groups excluding carboxylic acids is 1. The zero-order valence-electron chi connectivity index (χ0n) is 10.8. The summed E-state index contributed by atoms with van der Waals surface area (Å²) < 4.78 is 0. The van der Waals surface area contributed by atoms with Crippen molar-refractivity contribution in [1.29, 1.82) is 0 Å². The number of halogens is 1. The number of hydrogen-bond acceptors (Lipinski definition) is 4. The maximum Gasteiger partial charge on any atom is 0.317 e. The minimum absolute atomic E-state index is 0. The lowest BCUT2D eigenvalue weighted by Gasteiger charge is -2.18. The van der Waals surface area contributed by atoms with Crippen molar-refractivity contribution in [2.45, 2.75) is 19.9 Å². The first-order valence-electron chi connectivity index (χ1n) is 5.85. The molecule has 1 amide bonds. The van der Waals surface area contributed by atoms with Gasteiger partial charge in [-0.15, -0.1) is 23.7 Å². The van der Waals surface area contributed by atoms with Crippen LogP contribution in [0, 0.1) is 0 Å². The number of aliphatic carboxylic acids is 1. The van der Waals surface area contributed by atoms with Crippen molar-refractivity contribution in [3.05, 3.63) is 22.4 Å². The van der Waals surface area contributed by atoms with Crippen molar-refractivity contribution in [3.63, 3.8) is 0 Å². The molecule has 0 unspecified atom stereocenters. The van der Waals surface area contributed by atoms with Crippen LogP contribution in [-0.2, 0) is 16.1 Å². The van der Waals surface area contributed by atoms with E-state index in [1.807, 2.05) is 24.4 Å². The van der Waals surface area contributed by atoms with Gasteiger partial charge in [-0.25, -0.2) is 0 Å². The van der Waals surface area contributed by atoms with Crippen molar-refractivity contribution >= 4 is 35.6 Å². The number of hydrogen-bond donors (Lipinski definition) is 2. The summed E-state index contributed by atoms with van der Waals surface area (Å²) >= 11 is 1.58. The quantitative estimate of drug-likeness (QED) is 0.765. The monoisotopic (exact) mass is 306 g/mol. The van der Waals surface area contributed by atoms with Crippen LogP contribution in [0.4, 0.5) is 0 Å². The third kappa shape index (κ3) is 7.81. The molecule has 0 spiro atoms. The Hall–Kier alpha value is -1.11. The average molecular weight is 307 g/mol. The van der Waals surface area contributed by atoms with Crippen LogP contribution in [0.2, 0.25) is 0 Å². The van der Waals surface area contributed by atoms with E-state index in [9.17, 15) is 9.59 Å². The van der Waals surface area contributed by atoms with Crippen LogP contribution in [0.15, 0.2) is 17.5 Å². The lowest BCUT2D eigenvalue weighted by Crippen LogP contribution is -2.39. The first-order valence-corrected chi connectivity index (χ1v) is 6.73. The van der Waals surface area contributed by atoms with Crippen molar-refractivity contribution in [2.75, 3.05) is 19.6 Å². The molecule has 0 saturated carbocycles. The van der Waals surface area contributed by atoms with Gasteiger partial charge in [-0.05, 0) is 24.4 Å². The molecular formula is C12H19ClN2O3S. The van der Waals surface area contributed by atoms with Gasteiger partial charge < -0.3 is 10.4 Å². The van der Waals surface area contributed by atoms with E-state index in [2.05, 4.69) is 5.32 Å². The van der Waals surface area contributed by atoms with E-state index in [0.717, 1.165) is 11.3 Å². The molecule has 0 fully saturated rings. The Kier molecular flexibility index (Phi) is 9.20. The molecule has 0 aliphatic heterocycles. The summed E-state index contributed by atoms with van der Waals surface area (Å²) in [5.74, 6) is -1.05. The summed E-state index contributed by atoms with van der Waals surface area (Å²) in [6.45, 7) is 3.10. The zero-order valence-corrected chi connectivity index (χ0v) is 12.4. The highest BCUT2D eigenvalue weighted by molar-refractivity contribution is 7.09. The lowest BCUT2D eigenvalue weighted by molar-refractivity contribution is -0.138. The van der Waals surface area contributed by atoms with Gasteiger partial charge in [0.2, 0.25) is 5.91 Å². The number of amides is 1. The predicted molar refractivity (Wildman–Crippen MR) is 77.8 cm³/mol. The molecule has 5 nitrogen and oxygen atoms in total. The first kappa shape index (κ1) is 17.9. The summed E-state index contributed by atoms with van der Waals surface area (Å²) in [6, 6.07) is 3.88. The highest BCUT2D eigenvalue weighted by atomic mass is 35.5. The Balaban J connectivity index is 0.00000324. The molecule has 7 heteroatoms. The zero-order chi connectivity index (χ0) is 13.4. The normalized spacial score (nSPS) is 10.0. The number of carbonyl (C=O) groups is 2. The number of rotatable bonds is 8. The van der Waals surface area contributed by atoms with Gasteiger partial charge in [-0.2, -0.15) is 0 Å². The largest absolute Gasteiger partial charge is 0.480 e. The van der Waals surface area contributed by atoms with E-state index in [-0.39, 0.29) is 31.4 Å². The van der Waals surface area contributed by atoms with Gasteiger partial charge >= 0.3 is 5.97 Å². The van der Waals surface area contributed by atoms with Crippen LogP contribution >= 0.6 is 23.7 Å². The maximum absolute atomic E-state index is 11.7. The molecule has 1 aromatic rings. The van der Waals surface area contributed by atoms with Crippen LogP contribution in [0.25, 0.3) is 0 Å². The average Bonchev–Trinajstić information content (AvgIpc) is 2.78. The van der Waals surface area contributed by atoms with E-state index in [1.165, 1.54) is 0 Å². The standard InChI is InChI=1S/C12H18N2O3S.ClH/c1-2-5-14(9-12(16)17)8-11(15)13-7-10-4-3-6-18-10;/h3-4,6H,2,5,7-9H2,1H3,(H,13,15)(H,16,17);1H. The smallest absolute Gasteiger partial charge is 0.317 e. The predicted octanol–water partition coefficient (Wildman–Crippen LogP) is 1.58. The summed E-state index contributed by atoms with van der Waals surface area (Å²) in [5, 5.41) is 13.5. The van der Waals surface area contributed by atoms with E-state index in [0.29, 0.717) is 13.1 Å². The topological polar surface area (TPSA) is 69.6 Å². The molecule has 0 aliphatic carbocycles. The third-order valence-corrected chi connectivity index (χ3v) is 3.18. The lowest BCUT2D eigenvalue weighted by atomic mass is 10.3. The molecule has 2 N–H and O–H groups in total. The van der Waals surface area contributed by atoms with E-state index in [1.54, 1.807) is 16.2 Å². The second kappa shape index (κ2) is 9.77. The van der Waals surface area contributed by atoms with E-state index >= 15 is 0 Å². The van der Waals surface area contributed by atoms with Crippen LogP contribution < -0.4 is 5.32 Å². The number of thiophene rings is 1. The fourth-order valence-electron chi connectivity index (χ4n) is 1.58. The molecule has 0 saturated heterocycles. The van der Waals surface area contributed by atoms with Crippen LogP contribution in [0.1, 0.15) is 18.2 Å². The van der Waals surface area contributed by atoms with E-state index < -0.39 is 5.97 Å². The fourth-order valence-corrected chi connectivity index (χ4v) is 2.22. The van der Waals surface area contributed by atoms with Gasteiger partial charge in [0, 0.05) is 4.88 Å². The highest BCUT2D eigenvalue weighted by Gasteiger charge is 2.12. The third-order valence-electron chi connectivity index (χ3n) is 2.31. The Bertz CT molecular complexity index is 384. The molecule has 0 bridgehead atoms. The Morgan fingerprint density at radius 1 is 1.42 bits per heavy atom. The van der Waals surface area contributed by atoms with Gasteiger partial charge in [0.15, 0.2) is 0 Å². The van der Waals surface area contributed by atoms with E-state index in [4.69, 9.17) is 5.11 Å². The van der Waals surface area contributed by atoms with Crippen molar-refractivity contribution < 1.29 is 14.7 Å². The van der Waals surface area contributed by atoms with Gasteiger partial charge in [0.25, 0.3) is 0 Å². The number of carboxylic acids is 1. The molecule has 0 aromatic carbocycles. The van der Waals surface area contributed by atoms with Crippen LogP contribution in [-0.4, -0.2) is 41.5 Å². The highest BCUT2D eigenvalue weighted by Crippen LogP contribution is 2.07. The first-order chi connectivity index (χ1) is 8.61. The minimum atomic E-state index is -0.908. The van der Waals surface area contributed by atoms with Crippen molar-refractivity contribution in [3.8, 4) is 0 Å². The maximum atomic E-state index is 11.7. The Morgan fingerprint density at radius 2 is 2.16 bits per heavy atom. The van der Waals surface area contributed by atoms with Crippen LogP contribution in [0.3, 0.4) is 0 Å². The Labute approximate surface area is 123 Å². The molecule has 1 aromatic heterocycles. The molecule has 0 aliphatic rings. The second-order valence-corrected chi connectivity index (χ2v) is 4.99. The molecule has 1 rings (SSSR count). The molecule has 0 atom stereocenters. The van der Waals surface area contributed by atoms with Gasteiger partial charge in [0.1, 0.15) is 0 Å². The molecule has 108 valence electrons. The minimum Gasteiger partial charge on any atom is -0.480 e. The molecule has 1 heterocycles.